The van der Waals surface area contributed by atoms with Crippen LogP contribution in [0.4, 0.5) is 17.5 Å². The van der Waals surface area contributed by atoms with Crippen molar-refractivity contribution in [3.05, 3.63) is 36.5 Å². The maximum absolute atomic E-state index is 5.14. The number of methoxy groups -OCH3 is 1. The van der Waals surface area contributed by atoms with Crippen molar-refractivity contribution in [2.45, 2.75) is 31.7 Å². The minimum atomic E-state index is 0.550. The molecule has 110 valence electrons. The molecule has 5 nitrogen and oxygen atoms in total. The van der Waals surface area contributed by atoms with Crippen LogP contribution in [0.25, 0.3) is 0 Å². The van der Waals surface area contributed by atoms with E-state index in [4.69, 9.17) is 4.74 Å². The van der Waals surface area contributed by atoms with Crippen molar-refractivity contribution in [3.8, 4) is 5.75 Å². The predicted octanol–water partition coefficient (Wildman–Crippen LogP) is 3.58. The van der Waals surface area contributed by atoms with Gasteiger partial charge in [0.1, 0.15) is 11.6 Å². The van der Waals surface area contributed by atoms with Gasteiger partial charge in [0.15, 0.2) is 0 Å². The first-order chi connectivity index (χ1) is 10.3. The number of rotatable bonds is 5. The number of anilines is 3. The summed E-state index contributed by atoms with van der Waals surface area (Å²) in [5, 5.41) is 6.68. The Kier molecular flexibility index (Phi) is 4.19. The van der Waals surface area contributed by atoms with E-state index in [1.807, 2.05) is 30.3 Å². The van der Waals surface area contributed by atoms with Gasteiger partial charge in [-0.25, -0.2) is 4.98 Å². The Morgan fingerprint density at radius 2 is 1.86 bits per heavy atom. The van der Waals surface area contributed by atoms with Gasteiger partial charge in [-0.05, 0) is 43.2 Å². The molecule has 1 aromatic heterocycles. The minimum absolute atomic E-state index is 0.550. The van der Waals surface area contributed by atoms with Crippen LogP contribution < -0.4 is 15.4 Å². The van der Waals surface area contributed by atoms with Crippen LogP contribution in [0.5, 0.6) is 5.75 Å². The van der Waals surface area contributed by atoms with Crippen molar-refractivity contribution in [2.24, 2.45) is 0 Å². The Morgan fingerprint density at radius 1 is 1.10 bits per heavy atom. The number of benzene rings is 1. The summed E-state index contributed by atoms with van der Waals surface area (Å²) in [5.74, 6) is 2.31. The number of nitrogens with zero attached hydrogens (tertiary/aromatic N) is 2. The zero-order valence-electron chi connectivity index (χ0n) is 12.2. The fraction of sp³-hybridized carbons (Fsp3) is 0.375. The van der Waals surface area contributed by atoms with Crippen molar-refractivity contribution in [3.63, 3.8) is 0 Å². The maximum atomic E-state index is 5.14. The summed E-state index contributed by atoms with van der Waals surface area (Å²) in [6.45, 7) is 0. The average Bonchev–Trinajstić information content (AvgIpc) is 3.01. The van der Waals surface area contributed by atoms with Gasteiger partial charge in [-0.2, -0.15) is 4.98 Å². The molecule has 0 aliphatic heterocycles. The van der Waals surface area contributed by atoms with Crippen LogP contribution in [-0.4, -0.2) is 23.1 Å². The fourth-order valence-electron chi connectivity index (χ4n) is 2.58. The highest BCUT2D eigenvalue weighted by Crippen LogP contribution is 2.22. The highest BCUT2D eigenvalue weighted by Gasteiger charge is 2.15. The van der Waals surface area contributed by atoms with Gasteiger partial charge in [-0.1, -0.05) is 12.8 Å². The lowest BCUT2D eigenvalue weighted by atomic mass is 10.2. The molecule has 21 heavy (non-hydrogen) atoms. The van der Waals surface area contributed by atoms with E-state index in [0.717, 1.165) is 17.3 Å². The van der Waals surface area contributed by atoms with Gasteiger partial charge in [0, 0.05) is 17.9 Å². The molecular formula is C16H20N4O. The van der Waals surface area contributed by atoms with Crippen LogP contribution in [0.2, 0.25) is 0 Å². The molecule has 1 aromatic carbocycles. The number of hydrogen-bond donors (Lipinski definition) is 2. The van der Waals surface area contributed by atoms with Crippen molar-refractivity contribution in [1.82, 2.24) is 9.97 Å². The molecule has 2 N–H and O–H groups in total. The van der Waals surface area contributed by atoms with E-state index in [1.165, 1.54) is 25.7 Å². The summed E-state index contributed by atoms with van der Waals surface area (Å²) < 4.78 is 5.14. The van der Waals surface area contributed by atoms with E-state index >= 15 is 0 Å². The zero-order valence-corrected chi connectivity index (χ0v) is 12.2. The molecule has 1 heterocycles. The Bertz CT molecular complexity index is 579. The standard InChI is InChI=1S/C16H20N4O/c1-21-14-8-6-13(7-9-14)19-16-17-11-10-15(20-16)18-12-4-2-3-5-12/h6-12H,2-5H2,1H3,(H2,17,18,19,20). The first-order valence-electron chi connectivity index (χ1n) is 7.34. The molecule has 0 amide bonds. The lowest BCUT2D eigenvalue weighted by Gasteiger charge is -2.13. The second-order valence-electron chi connectivity index (χ2n) is 5.24. The molecule has 1 aliphatic carbocycles. The zero-order chi connectivity index (χ0) is 14.5. The third kappa shape index (κ3) is 3.62. The van der Waals surface area contributed by atoms with Crippen LogP contribution >= 0.6 is 0 Å². The van der Waals surface area contributed by atoms with Crippen LogP contribution in [0, 0.1) is 0 Å². The van der Waals surface area contributed by atoms with Gasteiger partial charge >= 0.3 is 0 Å². The molecule has 0 atom stereocenters. The monoisotopic (exact) mass is 284 g/mol. The minimum Gasteiger partial charge on any atom is -0.497 e. The quantitative estimate of drug-likeness (QED) is 0.878. The van der Waals surface area contributed by atoms with E-state index in [-0.39, 0.29) is 0 Å². The third-order valence-corrected chi connectivity index (χ3v) is 3.71. The highest BCUT2D eigenvalue weighted by atomic mass is 16.5. The molecule has 1 aliphatic rings. The van der Waals surface area contributed by atoms with Crippen LogP contribution in [0.15, 0.2) is 36.5 Å². The molecule has 5 heteroatoms. The normalized spacial score (nSPS) is 14.9. The first kappa shape index (κ1) is 13.7. The maximum Gasteiger partial charge on any atom is 0.229 e. The lowest BCUT2D eigenvalue weighted by molar-refractivity contribution is 0.415. The molecular weight excluding hydrogens is 264 g/mol. The van der Waals surface area contributed by atoms with Crippen molar-refractivity contribution in [2.75, 3.05) is 17.7 Å². The molecule has 2 aromatic rings. The summed E-state index contributed by atoms with van der Waals surface area (Å²) in [6.07, 6.45) is 6.84. The van der Waals surface area contributed by atoms with Crippen LogP contribution in [0.1, 0.15) is 25.7 Å². The summed E-state index contributed by atoms with van der Waals surface area (Å²) in [7, 11) is 1.66. The van der Waals surface area contributed by atoms with E-state index < -0.39 is 0 Å². The molecule has 0 saturated heterocycles. The molecule has 0 bridgehead atoms. The largest absolute Gasteiger partial charge is 0.497 e. The number of hydrogen-bond acceptors (Lipinski definition) is 5. The summed E-state index contributed by atoms with van der Waals surface area (Å²) in [6, 6.07) is 10.2. The molecule has 1 fully saturated rings. The van der Waals surface area contributed by atoms with Gasteiger partial charge in [0.2, 0.25) is 5.95 Å². The third-order valence-electron chi connectivity index (χ3n) is 3.71. The van der Waals surface area contributed by atoms with E-state index in [2.05, 4.69) is 20.6 Å². The number of nitrogens with one attached hydrogen (secondary N) is 2. The Labute approximate surface area is 124 Å². The van der Waals surface area contributed by atoms with E-state index in [9.17, 15) is 0 Å². The Balaban J connectivity index is 1.66. The van der Waals surface area contributed by atoms with Gasteiger partial charge < -0.3 is 15.4 Å². The summed E-state index contributed by atoms with van der Waals surface area (Å²) >= 11 is 0. The summed E-state index contributed by atoms with van der Waals surface area (Å²) in [5.41, 5.74) is 0.939. The van der Waals surface area contributed by atoms with Crippen LogP contribution in [-0.2, 0) is 0 Å². The molecule has 0 unspecified atom stereocenters. The second-order valence-corrected chi connectivity index (χ2v) is 5.24. The fourth-order valence-corrected chi connectivity index (χ4v) is 2.58. The van der Waals surface area contributed by atoms with Gasteiger partial charge in [-0.3, -0.25) is 0 Å². The molecule has 0 spiro atoms. The van der Waals surface area contributed by atoms with Gasteiger partial charge in [-0.15, -0.1) is 0 Å². The summed E-state index contributed by atoms with van der Waals surface area (Å²) in [4.78, 5) is 8.77. The van der Waals surface area contributed by atoms with Gasteiger partial charge in [0.05, 0.1) is 7.11 Å². The van der Waals surface area contributed by atoms with Crippen molar-refractivity contribution in [1.29, 1.82) is 0 Å². The number of aromatic nitrogens is 2. The van der Waals surface area contributed by atoms with Crippen LogP contribution in [0.3, 0.4) is 0 Å². The molecule has 1 saturated carbocycles. The van der Waals surface area contributed by atoms with Crippen molar-refractivity contribution >= 4 is 17.5 Å². The van der Waals surface area contributed by atoms with Crippen molar-refractivity contribution < 1.29 is 4.74 Å². The Morgan fingerprint density at radius 3 is 2.57 bits per heavy atom. The average molecular weight is 284 g/mol. The lowest BCUT2D eigenvalue weighted by Crippen LogP contribution is -2.15. The first-order valence-corrected chi connectivity index (χ1v) is 7.34. The van der Waals surface area contributed by atoms with E-state index in [1.54, 1.807) is 13.3 Å². The van der Waals surface area contributed by atoms with E-state index in [0.29, 0.717) is 12.0 Å². The SMILES string of the molecule is COc1ccc(Nc2nccc(NC3CCCC3)n2)cc1. The van der Waals surface area contributed by atoms with Gasteiger partial charge in [0.25, 0.3) is 0 Å². The Hall–Kier alpha value is -2.30. The predicted molar refractivity (Wildman–Crippen MR) is 84.2 cm³/mol. The molecule has 0 radical (unpaired) electrons. The molecule has 3 rings (SSSR count). The second kappa shape index (κ2) is 6.43. The smallest absolute Gasteiger partial charge is 0.229 e. The highest BCUT2D eigenvalue weighted by molar-refractivity contribution is 5.55. The topological polar surface area (TPSA) is 59.1 Å². The number of ether oxygens (including phenoxy) is 1.